The third kappa shape index (κ3) is 9.43. The van der Waals surface area contributed by atoms with E-state index >= 15 is 0 Å². The Kier molecular flexibility index (Phi) is 11.3. The number of aromatic nitrogens is 4. The maximum Gasteiger partial charge on any atom is 0.255 e. The summed E-state index contributed by atoms with van der Waals surface area (Å²) in [4.78, 5) is 25.3. The van der Waals surface area contributed by atoms with Crippen LogP contribution in [0.4, 0.5) is 0 Å². The molecule has 0 bridgehead atoms. The molecule has 0 fully saturated rings. The van der Waals surface area contributed by atoms with Gasteiger partial charge in [-0.25, -0.2) is 4.68 Å². The summed E-state index contributed by atoms with van der Waals surface area (Å²) in [6.45, 7) is 4.66. The number of unbranched alkanes of at least 4 members (excludes halogenated alkanes) is 1. The second-order valence-corrected chi connectivity index (χ2v) is 9.54. The van der Waals surface area contributed by atoms with Gasteiger partial charge < -0.3 is 30.9 Å². The molecule has 12 heteroatoms. The van der Waals surface area contributed by atoms with Crippen LogP contribution in [0.1, 0.15) is 54.5 Å². The maximum atomic E-state index is 12.7. The Bertz CT molecular complexity index is 1180. The van der Waals surface area contributed by atoms with Crippen LogP contribution in [0.25, 0.3) is 0 Å². The van der Waals surface area contributed by atoms with Crippen molar-refractivity contribution in [2.24, 2.45) is 5.73 Å². The highest BCUT2D eigenvalue weighted by Crippen LogP contribution is 2.18. The molecule has 12 nitrogen and oxygen atoms in total. The highest BCUT2D eigenvalue weighted by Gasteiger charge is 2.28. The molecule has 1 atom stereocenters. The smallest absolute Gasteiger partial charge is 0.255 e. The number of carbonyl (C=O) groups is 2. The fraction of sp³-hybridized carbons (Fsp3) is 0.444. The van der Waals surface area contributed by atoms with Crippen LogP contribution in [0.15, 0.2) is 54.6 Å². The van der Waals surface area contributed by atoms with Gasteiger partial charge in [0.2, 0.25) is 5.91 Å². The molecule has 0 aliphatic heterocycles. The maximum absolute atomic E-state index is 12.7. The summed E-state index contributed by atoms with van der Waals surface area (Å²) in [6, 6.07) is 16.0. The number of para-hydroxylation sites is 1. The normalized spacial score (nSPS) is 12.1. The van der Waals surface area contributed by atoms with E-state index in [-0.39, 0.29) is 38.2 Å². The predicted molar refractivity (Wildman–Crippen MR) is 144 cm³/mol. The zero-order valence-corrected chi connectivity index (χ0v) is 22.4. The van der Waals surface area contributed by atoms with Gasteiger partial charge in [0.25, 0.3) is 5.91 Å². The van der Waals surface area contributed by atoms with Gasteiger partial charge in [-0.1, -0.05) is 42.5 Å². The van der Waals surface area contributed by atoms with Crippen LogP contribution in [0.3, 0.4) is 0 Å². The van der Waals surface area contributed by atoms with E-state index in [0.29, 0.717) is 43.1 Å². The quantitative estimate of drug-likeness (QED) is 0.197. The van der Waals surface area contributed by atoms with E-state index in [1.54, 1.807) is 38.1 Å². The fourth-order valence-corrected chi connectivity index (χ4v) is 3.57. The molecule has 210 valence electrons. The third-order valence-corrected chi connectivity index (χ3v) is 5.72. The molecule has 0 aliphatic rings. The number of nitrogens with two attached hydrogens (primary N) is 1. The van der Waals surface area contributed by atoms with E-state index in [1.807, 2.05) is 30.3 Å². The zero-order chi connectivity index (χ0) is 28.1. The number of hydrogen-bond acceptors (Lipinski definition) is 9. The van der Waals surface area contributed by atoms with Gasteiger partial charge in [-0.3, -0.25) is 9.59 Å². The number of tetrazole rings is 1. The molecular weight excluding hydrogens is 502 g/mol. The summed E-state index contributed by atoms with van der Waals surface area (Å²) in [6.07, 6.45) is 1.30. The Hall–Kier alpha value is -3.87. The SMILES string of the molecule is CC(C)(N)C(=O)N[C@H](COCc1ccccc1)c1nnnn1CCOc1ccccc1C(=O)NCCCCO. The van der Waals surface area contributed by atoms with Crippen molar-refractivity contribution in [1.82, 2.24) is 30.8 Å². The number of aliphatic hydroxyl groups excluding tert-OH is 1. The largest absolute Gasteiger partial charge is 0.491 e. The number of benzene rings is 2. The predicted octanol–water partition coefficient (Wildman–Crippen LogP) is 1.37. The number of amides is 2. The van der Waals surface area contributed by atoms with Gasteiger partial charge in [-0.2, -0.15) is 0 Å². The average molecular weight is 540 g/mol. The van der Waals surface area contributed by atoms with Crippen molar-refractivity contribution in [1.29, 1.82) is 0 Å². The number of hydrogen-bond donors (Lipinski definition) is 4. The fourth-order valence-electron chi connectivity index (χ4n) is 3.57. The Morgan fingerprint density at radius 2 is 1.85 bits per heavy atom. The number of nitrogens with one attached hydrogen (secondary N) is 2. The molecule has 0 saturated heterocycles. The standard InChI is InChI=1S/C27H37N7O5/c1-27(2,28)26(37)30-22(19-38-18-20-10-4-3-5-11-20)24-31-32-33-34(24)15-17-39-23-13-7-6-12-21(23)25(36)29-14-8-9-16-35/h3-7,10-13,22,35H,8-9,14-19,28H2,1-2H3,(H,29,36)(H,30,37)/t22-/m1/s1. The Labute approximate surface area is 227 Å². The highest BCUT2D eigenvalue weighted by atomic mass is 16.5. The summed E-state index contributed by atoms with van der Waals surface area (Å²) in [5.74, 6) is 0.182. The summed E-state index contributed by atoms with van der Waals surface area (Å²) in [5, 5.41) is 26.6. The van der Waals surface area contributed by atoms with Crippen molar-refractivity contribution in [2.45, 2.75) is 51.4 Å². The van der Waals surface area contributed by atoms with Crippen LogP contribution in [0.5, 0.6) is 5.75 Å². The molecule has 3 aromatic rings. The van der Waals surface area contributed by atoms with Crippen LogP contribution < -0.4 is 21.1 Å². The average Bonchev–Trinajstić information content (AvgIpc) is 3.39. The zero-order valence-electron chi connectivity index (χ0n) is 22.4. The van der Waals surface area contributed by atoms with Crippen molar-refractivity contribution >= 4 is 11.8 Å². The third-order valence-electron chi connectivity index (χ3n) is 5.72. The minimum absolute atomic E-state index is 0.0857. The van der Waals surface area contributed by atoms with Crippen LogP contribution in [-0.4, -0.2) is 69.0 Å². The van der Waals surface area contributed by atoms with Gasteiger partial charge in [0, 0.05) is 13.2 Å². The van der Waals surface area contributed by atoms with Gasteiger partial charge in [0.15, 0.2) is 5.82 Å². The molecule has 0 spiro atoms. The Morgan fingerprint density at radius 3 is 2.59 bits per heavy atom. The van der Waals surface area contributed by atoms with Crippen molar-refractivity contribution in [2.75, 3.05) is 26.4 Å². The molecule has 0 unspecified atom stereocenters. The van der Waals surface area contributed by atoms with Crippen LogP contribution in [0, 0.1) is 0 Å². The van der Waals surface area contributed by atoms with E-state index in [2.05, 4.69) is 26.2 Å². The first kappa shape index (κ1) is 29.7. The lowest BCUT2D eigenvalue weighted by Crippen LogP contribution is -2.51. The monoisotopic (exact) mass is 539 g/mol. The molecule has 5 N–H and O–H groups in total. The van der Waals surface area contributed by atoms with Crippen molar-refractivity contribution in [3.8, 4) is 5.75 Å². The molecule has 39 heavy (non-hydrogen) atoms. The summed E-state index contributed by atoms with van der Waals surface area (Å²) in [5.41, 5.74) is 6.28. The van der Waals surface area contributed by atoms with Gasteiger partial charge in [0.1, 0.15) is 18.4 Å². The first-order valence-corrected chi connectivity index (χ1v) is 12.9. The topological polar surface area (TPSA) is 167 Å². The number of rotatable bonds is 16. The molecule has 1 heterocycles. The van der Waals surface area contributed by atoms with Gasteiger partial charge >= 0.3 is 0 Å². The van der Waals surface area contributed by atoms with E-state index in [1.165, 1.54) is 4.68 Å². The lowest BCUT2D eigenvalue weighted by molar-refractivity contribution is -0.126. The molecule has 0 radical (unpaired) electrons. The first-order valence-electron chi connectivity index (χ1n) is 12.9. The molecule has 3 rings (SSSR count). The van der Waals surface area contributed by atoms with E-state index < -0.39 is 11.6 Å². The van der Waals surface area contributed by atoms with Crippen molar-refractivity contribution in [3.63, 3.8) is 0 Å². The van der Waals surface area contributed by atoms with Crippen LogP contribution >= 0.6 is 0 Å². The number of carbonyl (C=O) groups excluding carboxylic acids is 2. The van der Waals surface area contributed by atoms with Gasteiger partial charge in [-0.15, -0.1) is 5.10 Å². The lowest BCUT2D eigenvalue weighted by atomic mass is 10.1. The summed E-state index contributed by atoms with van der Waals surface area (Å²) < 4.78 is 13.3. The first-order chi connectivity index (χ1) is 18.8. The van der Waals surface area contributed by atoms with Crippen molar-refractivity contribution < 1.29 is 24.2 Å². The summed E-state index contributed by atoms with van der Waals surface area (Å²) in [7, 11) is 0. The highest BCUT2D eigenvalue weighted by molar-refractivity contribution is 5.96. The van der Waals surface area contributed by atoms with E-state index in [0.717, 1.165) is 5.56 Å². The minimum atomic E-state index is -1.11. The molecule has 0 saturated carbocycles. The number of nitrogens with zero attached hydrogens (tertiary/aromatic N) is 4. The second kappa shape index (κ2) is 14.9. The molecule has 1 aromatic heterocycles. The van der Waals surface area contributed by atoms with E-state index in [9.17, 15) is 9.59 Å². The molecular formula is C27H37N7O5. The second-order valence-electron chi connectivity index (χ2n) is 9.54. The lowest BCUT2D eigenvalue weighted by Gasteiger charge is -2.24. The van der Waals surface area contributed by atoms with Crippen LogP contribution in [0.2, 0.25) is 0 Å². The Balaban J connectivity index is 1.64. The molecule has 0 aliphatic carbocycles. The Morgan fingerprint density at radius 1 is 1.10 bits per heavy atom. The van der Waals surface area contributed by atoms with Gasteiger partial charge in [-0.05, 0) is 54.8 Å². The molecule has 2 amide bonds. The van der Waals surface area contributed by atoms with E-state index in [4.69, 9.17) is 20.3 Å². The minimum Gasteiger partial charge on any atom is -0.491 e. The summed E-state index contributed by atoms with van der Waals surface area (Å²) >= 11 is 0. The number of aliphatic hydroxyl groups is 1. The van der Waals surface area contributed by atoms with Gasteiger partial charge in [0.05, 0.1) is 30.9 Å². The molecule has 2 aromatic carbocycles. The number of ether oxygens (including phenoxy) is 2. The van der Waals surface area contributed by atoms with Crippen molar-refractivity contribution in [3.05, 3.63) is 71.5 Å². The van der Waals surface area contributed by atoms with Crippen LogP contribution in [-0.2, 0) is 22.7 Å².